The van der Waals surface area contributed by atoms with E-state index in [9.17, 15) is 9.90 Å². The summed E-state index contributed by atoms with van der Waals surface area (Å²) in [5.74, 6) is -0.695. The first-order chi connectivity index (χ1) is 8.20. The molecule has 3 nitrogen and oxygen atoms in total. The second kappa shape index (κ2) is 3.84. The summed E-state index contributed by atoms with van der Waals surface area (Å²) in [6, 6.07) is 8.62. The van der Waals surface area contributed by atoms with Crippen molar-refractivity contribution in [2.24, 2.45) is 0 Å². The van der Waals surface area contributed by atoms with Crippen molar-refractivity contribution in [3.63, 3.8) is 0 Å². The molecule has 1 saturated carbocycles. The summed E-state index contributed by atoms with van der Waals surface area (Å²) in [6.45, 7) is 0. The fraction of sp³-hybridized carbons (Fsp3) is 0.500. The van der Waals surface area contributed by atoms with Crippen molar-refractivity contribution in [3.05, 3.63) is 35.4 Å². The summed E-state index contributed by atoms with van der Waals surface area (Å²) in [4.78, 5) is 11.6. The standard InChI is InChI=1S/C14H17NO2/c16-13(17)14(15-12-5-6-12)8-7-10-3-1-2-4-11(10)9-14/h1-4,12,15H,5-9H2,(H,16,17). The van der Waals surface area contributed by atoms with Crippen LogP contribution in [0.2, 0.25) is 0 Å². The van der Waals surface area contributed by atoms with Crippen LogP contribution in [0.3, 0.4) is 0 Å². The zero-order chi connectivity index (χ0) is 11.9. The summed E-state index contributed by atoms with van der Waals surface area (Å²) < 4.78 is 0. The van der Waals surface area contributed by atoms with Gasteiger partial charge in [-0.25, -0.2) is 0 Å². The van der Waals surface area contributed by atoms with Gasteiger partial charge in [0.15, 0.2) is 0 Å². The van der Waals surface area contributed by atoms with Crippen LogP contribution in [0, 0.1) is 0 Å². The van der Waals surface area contributed by atoms with E-state index in [0.29, 0.717) is 18.9 Å². The minimum absolute atomic E-state index is 0.427. The predicted octanol–water partition coefficient (Wildman–Crippen LogP) is 1.75. The average Bonchev–Trinajstić information content (AvgIpc) is 3.12. The SMILES string of the molecule is O=C(O)C1(NC2CC2)CCc2ccccc2C1. The number of rotatable bonds is 3. The molecule has 0 heterocycles. The maximum atomic E-state index is 11.6. The molecule has 1 fully saturated rings. The van der Waals surface area contributed by atoms with Crippen LogP contribution in [0.4, 0.5) is 0 Å². The summed E-state index contributed by atoms with van der Waals surface area (Å²) in [7, 11) is 0. The highest BCUT2D eigenvalue weighted by molar-refractivity contribution is 5.80. The molecule has 0 bridgehead atoms. The van der Waals surface area contributed by atoms with Gasteiger partial charge in [0, 0.05) is 12.5 Å². The Morgan fingerprint density at radius 2 is 2.00 bits per heavy atom. The van der Waals surface area contributed by atoms with Gasteiger partial charge in [-0.3, -0.25) is 10.1 Å². The molecule has 1 aromatic rings. The molecule has 3 rings (SSSR count). The largest absolute Gasteiger partial charge is 0.480 e. The van der Waals surface area contributed by atoms with E-state index in [-0.39, 0.29) is 0 Å². The number of benzene rings is 1. The third-order valence-corrected chi connectivity index (χ3v) is 3.90. The molecule has 0 amide bonds. The lowest BCUT2D eigenvalue weighted by molar-refractivity contribution is -0.145. The molecule has 1 atom stereocenters. The van der Waals surface area contributed by atoms with Gasteiger partial charge < -0.3 is 5.11 Å². The lowest BCUT2D eigenvalue weighted by Gasteiger charge is -2.35. The number of aliphatic carboxylic acids is 1. The van der Waals surface area contributed by atoms with Crippen LogP contribution in [0.5, 0.6) is 0 Å². The molecule has 0 radical (unpaired) electrons. The van der Waals surface area contributed by atoms with Crippen LogP contribution >= 0.6 is 0 Å². The summed E-state index contributed by atoms with van der Waals surface area (Å²) in [6.07, 6.45) is 4.43. The molecule has 0 saturated heterocycles. The molecular weight excluding hydrogens is 214 g/mol. The fourth-order valence-corrected chi connectivity index (χ4v) is 2.72. The maximum Gasteiger partial charge on any atom is 0.324 e. The normalized spacial score (nSPS) is 27.5. The molecule has 90 valence electrons. The fourth-order valence-electron chi connectivity index (χ4n) is 2.72. The Morgan fingerprint density at radius 1 is 1.29 bits per heavy atom. The maximum absolute atomic E-state index is 11.6. The summed E-state index contributed by atoms with van der Waals surface area (Å²) in [5.41, 5.74) is 1.77. The van der Waals surface area contributed by atoms with Crippen LogP contribution < -0.4 is 5.32 Å². The topological polar surface area (TPSA) is 49.3 Å². The van der Waals surface area contributed by atoms with Gasteiger partial charge in [-0.1, -0.05) is 24.3 Å². The van der Waals surface area contributed by atoms with Gasteiger partial charge in [-0.15, -0.1) is 0 Å². The Kier molecular flexibility index (Phi) is 2.44. The molecule has 1 unspecified atom stereocenters. The third kappa shape index (κ3) is 1.95. The van der Waals surface area contributed by atoms with Gasteiger partial charge in [0.1, 0.15) is 5.54 Å². The average molecular weight is 231 g/mol. The lowest BCUT2D eigenvalue weighted by atomic mass is 9.78. The van der Waals surface area contributed by atoms with Crippen molar-refractivity contribution in [2.75, 3.05) is 0 Å². The minimum Gasteiger partial charge on any atom is -0.480 e. The Morgan fingerprint density at radius 3 is 2.65 bits per heavy atom. The van der Waals surface area contributed by atoms with E-state index < -0.39 is 11.5 Å². The number of fused-ring (bicyclic) bond motifs is 1. The van der Waals surface area contributed by atoms with Crippen molar-refractivity contribution in [3.8, 4) is 0 Å². The molecule has 2 aliphatic rings. The van der Waals surface area contributed by atoms with Crippen LogP contribution in [-0.2, 0) is 17.6 Å². The Bertz CT molecular complexity index is 453. The van der Waals surface area contributed by atoms with E-state index in [0.717, 1.165) is 19.3 Å². The van der Waals surface area contributed by atoms with E-state index in [2.05, 4.69) is 17.4 Å². The van der Waals surface area contributed by atoms with Gasteiger partial charge in [0.2, 0.25) is 0 Å². The summed E-state index contributed by atoms with van der Waals surface area (Å²) in [5, 5.41) is 12.9. The van der Waals surface area contributed by atoms with Crippen molar-refractivity contribution >= 4 is 5.97 Å². The van der Waals surface area contributed by atoms with Gasteiger partial charge in [0.05, 0.1) is 0 Å². The first kappa shape index (κ1) is 10.8. The van der Waals surface area contributed by atoms with Gasteiger partial charge in [-0.05, 0) is 36.8 Å². The highest BCUT2D eigenvalue weighted by Gasteiger charge is 2.44. The number of hydrogen-bond acceptors (Lipinski definition) is 2. The van der Waals surface area contributed by atoms with Gasteiger partial charge in [-0.2, -0.15) is 0 Å². The zero-order valence-electron chi connectivity index (χ0n) is 9.78. The highest BCUT2D eigenvalue weighted by Crippen LogP contribution is 2.32. The number of nitrogens with one attached hydrogen (secondary N) is 1. The van der Waals surface area contributed by atoms with Crippen LogP contribution in [-0.4, -0.2) is 22.7 Å². The molecule has 0 aromatic heterocycles. The molecule has 0 spiro atoms. The second-order valence-corrected chi connectivity index (χ2v) is 5.25. The number of hydrogen-bond donors (Lipinski definition) is 2. The minimum atomic E-state index is -0.727. The van der Waals surface area contributed by atoms with Gasteiger partial charge in [0.25, 0.3) is 0 Å². The Balaban J connectivity index is 1.89. The molecular formula is C14H17NO2. The molecule has 0 aliphatic heterocycles. The first-order valence-corrected chi connectivity index (χ1v) is 6.27. The first-order valence-electron chi connectivity index (χ1n) is 6.27. The Hall–Kier alpha value is -1.35. The van der Waals surface area contributed by atoms with Crippen molar-refractivity contribution in [1.82, 2.24) is 5.32 Å². The Labute approximate surface area is 101 Å². The molecule has 1 aromatic carbocycles. The molecule has 2 N–H and O–H groups in total. The number of carboxylic acid groups (broad SMARTS) is 1. The van der Waals surface area contributed by atoms with E-state index in [1.807, 2.05) is 12.1 Å². The van der Waals surface area contributed by atoms with E-state index >= 15 is 0 Å². The monoisotopic (exact) mass is 231 g/mol. The summed E-state index contributed by atoms with van der Waals surface area (Å²) >= 11 is 0. The van der Waals surface area contributed by atoms with Crippen LogP contribution in [0.15, 0.2) is 24.3 Å². The van der Waals surface area contributed by atoms with E-state index in [1.165, 1.54) is 11.1 Å². The van der Waals surface area contributed by atoms with Gasteiger partial charge >= 0.3 is 5.97 Å². The molecule has 3 heteroatoms. The van der Waals surface area contributed by atoms with Crippen molar-refractivity contribution < 1.29 is 9.90 Å². The smallest absolute Gasteiger partial charge is 0.324 e. The molecule has 17 heavy (non-hydrogen) atoms. The predicted molar refractivity (Wildman–Crippen MR) is 65.0 cm³/mol. The van der Waals surface area contributed by atoms with Crippen LogP contribution in [0.1, 0.15) is 30.4 Å². The number of carboxylic acids is 1. The second-order valence-electron chi connectivity index (χ2n) is 5.25. The van der Waals surface area contributed by atoms with Crippen LogP contribution in [0.25, 0.3) is 0 Å². The van der Waals surface area contributed by atoms with Crippen molar-refractivity contribution in [1.29, 1.82) is 0 Å². The molecule has 2 aliphatic carbocycles. The lowest BCUT2D eigenvalue weighted by Crippen LogP contribution is -2.56. The number of carbonyl (C=O) groups is 1. The number of aryl methyl sites for hydroxylation is 1. The quantitative estimate of drug-likeness (QED) is 0.833. The van der Waals surface area contributed by atoms with Crippen molar-refractivity contribution in [2.45, 2.75) is 43.7 Å². The van der Waals surface area contributed by atoms with E-state index in [4.69, 9.17) is 0 Å². The zero-order valence-corrected chi connectivity index (χ0v) is 9.78. The third-order valence-electron chi connectivity index (χ3n) is 3.90. The highest BCUT2D eigenvalue weighted by atomic mass is 16.4. The van der Waals surface area contributed by atoms with E-state index in [1.54, 1.807) is 0 Å².